The summed E-state index contributed by atoms with van der Waals surface area (Å²) in [5.41, 5.74) is 3.44. The summed E-state index contributed by atoms with van der Waals surface area (Å²) in [5, 5.41) is 18.2. The SMILES string of the molecule is Cc1[nH]c(/C=C2\C(=O)Nc3ccc(F)cc32)c(C)c1C(=O)NCC(O)CC(=O)NC1CC1. The zero-order chi connectivity index (χ0) is 23.0. The van der Waals surface area contributed by atoms with Crippen LogP contribution in [-0.4, -0.2) is 46.5 Å². The number of nitrogens with one attached hydrogen (secondary N) is 4. The Hall–Kier alpha value is -3.46. The summed E-state index contributed by atoms with van der Waals surface area (Å²) in [5.74, 6) is -1.43. The molecule has 2 heterocycles. The van der Waals surface area contributed by atoms with Crippen molar-refractivity contribution in [1.82, 2.24) is 15.6 Å². The van der Waals surface area contributed by atoms with E-state index in [1.165, 1.54) is 18.2 Å². The van der Waals surface area contributed by atoms with Gasteiger partial charge in [0.05, 0.1) is 23.7 Å². The van der Waals surface area contributed by atoms with Crippen LogP contribution in [0.3, 0.4) is 0 Å². The molecule has 1 fully saturated rings. The number of carbonyl (C=O) groups is 3. The van der Waals surface area contributed by atoms with E-state index in [1.54, 1.807) is 19.9 Å². The standard InChI is InChI=1S/C23H25FN4O4/c1-11-19(9-17-16-7-13(24)3-6-18(16)28-22(17)31)26-12(2)21(11)23(32)25-10-15(29)8-20(30)27-14-4-5-14/h3,6-7,9,14-15,26,29H,4-5,8,10H2,1-2H3,(H,25,32)(H,27,30)(H,28,31)/b17-9-. The summed E-state index contributed by atoms with van der Waals surface area (Å²) in [6.45, 7) is 3.40. The van der Waals surface area contributed by atoms with Crippen molar-refractivity contribution < 1.29 is 23.9 Å². The Morgan fingerprint density at radius 3 is 2.78 bits per heavy atom. The Kier molecular flexibility index (Phi) is 5.84. The van der Waals surface area contributed by atoms with Gasteiger partial charge in [0.15, 0.2) is 0 Å². The lowest BCUT2D eigenvalue weighted by molar-refractivity contribution is -0.123. The average Bonchev–Trinajstić information content (AvgIpc) is 3.42. The van der Waals surface area contributed by atoms with Crippen LogP contribution in [-0.2, 0) is 9.59 Å². The number of fused-ring (bicyclic) bond motifs is 1. The van der Waals surface area contributed by atoms with Crippen molar-refractivity contribution in [2.45, 2.75) is 45.3 Å². The van der Waals surface area contributed by atoms with Gasteiger partial charge >= 0.3 is 0 Å². The Balaban J connectivity index is 1.46. The molecule has 2 aromatic rings. The van der Waals surface area contributed by atoms with E-state index in [1.807, 2.05) is 0 Å². The van der Waals surface area contributed by atoms with E-state index in [0.29, 0.717) is 39.3 Å². The second-order valence-electron chi connectivity index (χ2n) is 8.28. The van der Waals surface area contributed by atoms with Crippen LogP contribution in [0.15, 0.2) is 18.2 Å². The molecule has 3 amide bonds. The molecule has 1 aliphatic carbocycles. The second-order valence-corrected chi connectivity index (χ2v) is 8.28. The number of hydrogen-bond donors (Lipinski definition) is 5. The van der Waals surface area contributed by atoms with E-state index < -0.39 is 17.8 Å². The fraction of sp³-hybridized carbons (Fsp3) is 0.348. The fourth-order valence-electron chi connectivity index (χ4n) is 3.81. The Labute approximate surface area is 184 Å². The summed E-state index contributed by atoms with van der Waals surface area (Å²) >= 11 is 0. The highest BCUT2D eigenvalue weighted by atomic mass is 19.1. The van der Waals surface area contributed by atoms with E-state index in [2.05, 4.69) is 20.9 Å². The first kappa shape index (κ1) is 21.8. The normalized spacial score (nSPS) is 17.1. The number of hydrogen-bond acceptors (Lipinski definition) is 4. The molecule has 4 rings (SSSR count). The van der Waals surface area contributed by atoms with E-state index in [-0.39, 0.29) is 30.8 Å². The smallest absolute Gasteiger partial charge is 0.256 e. The highest BCUT2D eigenvalue weighted by Crippen LogP contribution is 2.34. The number of amides is 3. The fourth-order valence-corrected chi connectivity index (χ4v) is 3.81. The number of anilines is 1. The number of rotatable bonds is 7. The molecule has 8 nitrogen and oxygen atoms in total. The van der Waals surface area contributed by atoms with Crippen LogP contribution in [0.5, 0.6) is 0 Å². The molecule has 1 aromatic carbocycles. The maximum absolute atomic E-state index is 13.7. The molecule has 1 atom stereocenters. The molecule has 0 saturated heterocycles. The van der Waals surface area contributed by atoms with Crippen LogP contribution in [0.25, 0.3) is 11.6 Å². The van der Waals surface area contributed by atoms with E-state index in [4.69, 9.17) is 0 Å². The average molecular weight is 440 g/mol. The predicted molar refractivity (Wildman–Crippen MR) is 117 cm³/mol. The molecule has 1 saturated carbocycles. The van der Waals surface area contributed by atoms with Crippen molar-refractivity contribution in [1.29, 1.82) is 0 Å². The summed E-state index contributed by atoms with van der Waals surface area (Å²) in [6, 6.07) is 4.29. The van der Waals surface area contributed by atoms with Gasteiger partial charge in [-0.05, 0) is 56.5 Å². The minimum atomic E-state index is -0.993. The lowest BCUT2D eigenvalue weighted by Crippen LogP contribution is -2.36. The van der Waals surface area contributed by atoms with Gasteiger partial charge in [-0.25, -0.2) is 4.39 Å². The van der Waals surface area contributed by atoms with Gasteiger partial charge in [-0.3, -0.25) is 14.4 Å². The van der Waals surface area contributed by atoms with Crippen LogP contribution in [0, 0.1) is 19.7 Å². The monoisotopic (exact) mass is 440 g/mol. The first-order valence-corrected chi connectivity index (χ1v) is 10.5. The molecule has 1 aromatic heterocycles. The zero-order valence-corrected chi connectivity index (χ0v) is 17.8. The minimum absolute atomic E-state index is 0.0630. The van der Waals surface area contributed by atoms with Gasteiger partial charge in [-0.15, -0.1) is 0 Å². The third kappa shape index (κ3) is 4.57. The topological polar surface area (TPSA) is 123 Å². The largest absolute Gasteiger partial charge is 0.391 e. The Morgan fingerprint density at radius 1 is 1.31 bits per heavy atom. The highest BCUT2D eigenvalue weighted by molar-refractivity contribution is 6.34. The molecule has 1 aliphatic heterocycles. The number of aromatic amines is 1. The molecule has 2 aliphatic rings. The number of H-pyrrole nitrogens is 1. The van der Waals surface area contributed by atoms with Gasteiger partial charge in [0.25, 0.3) is 11.8 Å². The number of benzene rings is 1. The first-order valence-electron chi connectivity index (χ1n) is 10.5. The van der Waals surface area contributed by atoms with Crippen LogP contribution in [0.1, 0.15) is 52.1 Å². The highest BCUT2D eigenvalue weighted by Gasteiger charge is 2.27. The molecule has 1 unspecified atom stereocenters. The van der Waals surface area contributed by atoms with Crippen LogP contribution in [0.4, 0.5) is 10.1 Å². The molecular weight excluding hydrogens is 415 g/mol. The van der Waals surface area contributed by atoms with Crippen molar-refractivity contribution in [3.63, 3.8) is 0 Å². The molecule has 5 N–H and O–H groups in total. The van der Waals surface area contributed by atoms with Crippen LogP contribution >= 0.6 is 0 Å². The number of halogens is 1. The lowest BCUT2D eigenvalue weighted by Gasteiger charge is -2.12. The van der Waals surface area contributed by atoms with Crippen molar-refractivity contribution >= 4 is 35.1 Å². The van der Waals surface area contributed by atoms with Gasteiger partial charge in [-0.2, -0.15) is 0 Å². The Morgan fingerprint density at radius 2 is 2.06 bits per heavy atom. The molecule has 32 heavy (non-hydrogen) atoms. The summed E-state index contributed by atoms with van der Waals surface area (Å²) < 4.78 is 13.7. The Bertz CT molecular complexity index is 1130. The second kappa shape index (κ2) is 8.58. The minimum Gasteiger partial charge on any atom is -0.391 e. The summed E-state index contributed by atoms with van der Waals surface area (Å²) in [4.78, 5) is 40.0. The maximum atomic E-state index is 13.7. The summed E-state index contributed by atoms with van der Waals surface area (Å²) in [6.07, 6.45) is 2.45. The molecule has 0 bridgehead atoms. The molecule has 0 spiro atoms. The van der Waals surface area contributed by atoms with Crippen LogP contribution in [0.2, 0.25) is 0 Å². The quantitative estimate of drug-likeness (QED) is 0.423. The third-order valence-corrected chi connectivity index (χ3v) is 5.62. The number of aliphatic hydroxyl groups excluding tert-OH is 1. The maximum Gasteiger partial charge on any atom is 0.256 e. The van der Waals surface area contributed by atoms with Crippen LogP contribution < -0.4 is 16.0 Å². The lowest BCUT2D eigenvalue weighted by atomic mass is 10.0. The van der Waals surface area contributed by atoms with E-state index in [9.17, 15) is 23.9 Å². The van der Waals surface area contributed by atoms with E-state index in [0.717, 1.165) is 12.8 Å². The van der Waals surface area contributed by atoms with Crippen molar-refractivity contribution in [3.8, 4) is 0 Å². The van der Waals surface area contributed by atoms with Gasteiger partial charge in [0, 0.05) is 35.2 Å². The predicted octanol–water partition coefficient (Wildman–Crippen LogP) is 2.02. The van der Waals surface area contributed by atoms with Gasteiger partial charge in [0.2, 0.25) is 5.91 Å². The molecular formula is C23H25FN4O4. The van der Waals surface area contributed by atoms with Crippen molar-refractivity contribution in [2.75, 3.05) is 11.9 Å². The molecule has 168 valence electrons. The molecule has 0 radical (unpaired) electrons. The third-order valence-electron chi connectivity index (χ3n) is 5.62. The van der Waals surface area contributed by atoms with Gasteiger partial charge in [-0.1, -0.05) is 0 Å². The number of aliphatic hydroxyl groups is 1. The van der Waals surface area contributed by atoms with E-state index >= 15 is 0 Å². The number of carbonyl (C=O) groups excluding carboxylic acids is 3. The zero-order valence-electron chi connectivity index (χ0n) is 17.8. The van der Waals surface area contributed by atoms with Crippen molar-refractivity contribution in [3.05, 3.63) is 52.1 Å². The molecule has 9 heteroatoms. The van der Waals surface area contributed by atoms with Gasteiger partial charge < -0.3 is 26.0 Å². The summed E-state index contributed by atoms with van der Waals surface area (Å²) in [7, 11) is 0. The van der Waals surface area contributed by atoms with Gasteiger partial charge in [0.1, 0.15) is 5.82 Å². The first-order chi connectivity index (χ1) is 15.2. The number of aromatic nitrogens is 1. The number of aryl methyl sites for hydroxylation is 1. The van der Waals surface area contributed by atoms with Crippen molar-refractivity contribution in [2.24, 2.45) is 0 Å².